The number of nitrogens with one attached hydrogen (secondary N) is 1. The predicted octanol–water partition coefficient (Wildman–Crippen LogP) is 5.72. The van der Waals surface area contributed by atoms with Gasteiger partial charge in [-0.1, -0.05) is 42.3 Å². The standard InChI is InChI=1S/C21H24Cl2N2O/c1-14-4-3-11-25(13-14)18-8-5-16(6-9-18)15(2)24-21(26)19-10-7-17(22)12-20(19)23/h5-10,12,14-15H,3-4,11,13H2,1-2H3,(H,24,26). The van der Waals surface area contributed by atoms with E-state index in [0.29, 0.717) is 15.6 Å². The lowest BCUT2D eigenvalue weighted by Crippen LogP contribution is -2.34. The van der Waals surface area contributed by atoms with Crippen LogP contribution in [0.5, 0.6) is 0 Å². The van der Waals surface area contributed by atoms with Crippen LogP contribution in [0, 0.1) is 5.92 Å². The first-order valence-corrected chi connectivity index (χ1v) is 9.80. The number of rotatable bonds is 4. The maximum Gasteiger partial charge on any atom is 0.253 e. The molecule has 0 aliphatic carbocycles. The Balaban J connectivity index is 1.66. The van der Waals surface area contributed by atoms with Crippen LogP contribution in [0.4, 0.5) is 5.69 Å². The summed E-state index contributed by atoms with van der Waals surface area (Å²) in [4.78, 5) is 14.9. The van der Waals surface area contributed by atoms with Crippen molar-refractivity contribution < 1.29 is 4.79 Å². The first kappa shape index (κ1) is 19.1. The van der Waals surface area contributed by atoms with Crippen molar-refractivity contribution in [1.29, 1.82) is 0 Å². The third-order valence-corrected chi connectivity index (χ3v) is 5.49. The van der Waals surface area contributed by atoms with Crippen LogP contribution >= 0.6 is 23.2 Å². The highest BCUT2D eigenvalue weighted by Gasteiger charge is 2.18. The highest BCUT2D eigenvalue weighted by Crippen LogP contribution is 2.25. The zero-order valence-corrected chi connectivity index (χ0v) is 16.6. The zero-order chi connectivity index (χ0) is 18.7. The number of halogens is 2. The minimum Gasteiger partial charge on any atom is -0.371 e. The Morgan fingerprint density at radius 3 is 2.58 bits per heavy atom. The van der Waals surface area contributed by atoms with Crippen LogP contribution in [-0.2, 0) is 0 Å². The maximum absolute atomic E-state index is 12.5. The van der Waals surface area contributed by atoms with E-state index in [4.69, 9.17) is 23.2 Å². The first-order valence-electron chi connectivity index (χ1n) is 9.05. The van der Waals surface area contributed by atoms with Crippen LogP contribution in [0.1, 0.15) is 48.7 Å². The van der Waals surface area contributed by atoms with Gasteiger partial charge in [0.1, 0.15) is 0 Å². The Bertz CT molecular complexity index is 776. The fourth-order valence-corrected chi connectivity index (χ4v) is 3.92. The summed E-state index contributed by atoms with van der Waals surface area (Å²) in [7, 11) is 0. The van der Waals surface area contributed by atoms with Crippen LogP contribution in [0.15, 0.2) is 42.5 Å². The van der Waals surface area contributed by atoms with Crippen molar-refractivity contribution in [3.05, 3.63) is 63.6 Å². The van der Waals surface area contributed by atoms with Crippen molar-refractivity contribution in [2.75, 3.05) is 18.0 Å². The zero-order valence-electron chi connectivity index (χ0n) is 15.1. The normalized spacial score (nSPS) is 18.5. The number of anilines is 1. The lowest BCUT2D eigenvalue weighted by molar-refractivity contribution is 0.0940. The molecule has 1 N–H and O–H groups in total. The van der Waals surface area contributed by atoms with Crippen LogP contribution in [0.3, 0.4) is 0 Å². The van der Waals surface area contributed by atoms with Gasteiger partial charge in [0.15, 0.2) is 0 Å². The molecule has 1 fully saturated rings. The molecule has 138 valence electrons. The highest BCUT2D eigenvalue weighted by atomic mass is 35.5. The SMILES string of the molecule is CC1CCCN(c2ccc(C(C)NC(=O)c3ccc(Cl)cc3Cl)cc2)C1. The van der Waals surface area contributed by atoms with Gasteiger partial charge in [0.05, 0.1) is 16.6 Å². The predicted molar refractivity (Wildman–Crippen MR) is 109 cm³/mol. The van der Waals surface area contributed by atoms with E-state index in [1.54, 1.807) is 18.2 Å². The molecule has 1 saturated heterocycles. The highest BCUT2D eigenvalue weighted by molar-refractivity contribution is 6.36. The molecule has 1 amide bonds. The smallest absolute Gasteiger partial charge is 0.253 e. The molecule has 0 saturated carbocycles. The van der Waals surface area contributed by atoms with E-state index in [1.807, 2.05) is 6.92 Å². The molecule has 0 aromatic heterocycles. The number of benzene rings is 2. The van der Waals surface area contributed by atoms with Crippen LogP contribution in [0.2, 0.25) is 10.0 Å². The Labute approximate surface area is 165 Å². The minimum atomic E-state index is -0.201. The summed E-state index contributed by atoms with van der Waals surface area (Å²) < 4.78 is 0. The molecule has 2 atom stereocenters. The molecular formula is C21H24Cl2N2O. The Morgan fingerprint density at radius 2 is 1.92 bits per heavy atom. The van der Waals surface area contributed by atoms with Gasteiger partial charge in [-0.25, -0.2) is 0 Å². The van der Waals surface area contributed by atoms with Crippen molar-refractivity contribution >= 4 is 34.8 Å². The number of carbonyl (C=O) groups is 1. The largest absolute Gasteiger partial charge is 0.371 e. The van der Waals surface area contributed by atoms with Crippen molar-refractivity contribution in [2.45, 2.75) is 32.7 Å². The maximum atomic E-state index is 12.5. The molecule has 26 heavy (non-hydrogen) atoms. The quantitative estimate of drug-likeness (QED) is 0.723. The monoisotopic (exact) mass is 390 g/mol. The minimum absolute atomic E-state index is 0.108. The summed E-state index contributed by atoms with van der Waals surface area (Å²) in [5.74, 6) is 0.541. The third kappa shape index (κ3) is 4.52. The van der Waals surface area contributed by atoms with Gasteiger partial charge in [0, 0.05) is 23.8 Å². The molecule has 0 radical (unpaired) electrons. The third-order valence-electron chi connectivity index (χ3n) is 4.94. The van der Waals surface area contributed by atoms with Crippen molar-refractivity contribution in [2.24, 2.45) is 5.92 Å². The Morgan fingerprint density at radius 1 is 1.19 bits per heavy atom. The molecule has 0 bridgehead atoms. The summed E-state index contributed by atoms with van der Waals surface area (Å²) in [5, 5.41) is 3.87. The van der Waals surface area contributed by atoms with Gasteiger partial charge in [-0.15, -0.1) is 0 Å². The van der Waals surface area contributed by atoms with Crippen LogP contribution in [-0.4, -0.2) is 19.0 Å². The topological polar surface area (TPSA) is 32.3 Å². The van der Waals surface area contributed by atoms with Crippen LogP contribution < -0.4 is 10.2 Å². The molecule has 0 spiro atoms. The second kappa shape index (κ2) is 8.32. The lowest BCUT2D eigenvalue weighted by Gasteiger charge is -2.33. The van der Waals surface area contributed by atoms with E-state index in [1.165, 1.54) is 18.5 Å². The van der Waals surface area contributed by atoms with E-state index < -0.39 is 0 Å². The molecule has 1 heterocycles. The first-order chi connectivity index (χ1) is 12.4. The van der Waals surface area contributed by atoms with E-state index in [-0.39, 0.29) is 11.9 Å². The van der Waals surface area contributed by atoms with E-state index in [0.717, 1.165) is 24.6 Å². The number of hydrogen-bond acceptors (Lipinski definition) is 2. The van der Waals surface area contributed by atoms with Crippen molar-refractivity contribution in [3.8, 4) is 0 Å². The van der Waals surface area contributed by atoms with Gasteiger partial charge in [-0.2, -0.15) is 0 Å². The van der Waals surface area contributed by atoms with Gasteiger partial charge < -0.3 is 10.2 Å². The lowest BCUT2D eigenvalue weighted by atomic mass is 9.99. The Kier molecular flexibility index (Phi) is 6.10. The second-order valence-electron chi connectivity index (χ2n) is 7.10. The van der Waals surface area contributed by atoms with Crippen molar-refractivity contribution in [3.63, 3.8) is 0 Å². The van der Waals surface area contributed by atoms with Gasteiger partial charge in [0.25, 0.3) is 5.91 Å². The second-order valence-corrected chi connectivity index (χ2v) is 7.95. The summed E-state index contributed by atoms with van der Waals surface area (Å²) in [6.45, 7) is 6.51. The number of nitrogens with zero attached hydrogens (tertiary/aromatic N) is 1. The molecule has 5 heteroatoms. The summed E-state index contributed by atoms with van der Waals surface area (Å²) in [5.41, 5.74) is 2.75. The average Bonchev–Trinajstić information content (AvgIpc) is 2.61. The number of amides is 1. The number of carbonyl (C=O) groups excluding carboxylic acids is 1. The summed E-state index contributed by atoms with van der Waals surface area (Å²) in [6, 6.07) is 13.2. The van der Waals surface area contributed by atoms with Crippen LogP contribution in [0.25, 0.3) is 0 Å². The molecule has 2 aromatic rings. The van der Waals surface area contributed by atoms with Gasteiger partial charge >= 0.3 is 0 Å². The average molecular weight is 391 g/mol. The summed E-state index contributed by atoms with van der Waals surface area (Å²) in [6.07, 6.45) is 2.56. The molecule has 1 aliphatic rings. The molecule has 3 nitrogen and oxygen atoms in total. The van der Waals surface area contributed by atoms with Gasteiger partial charge in [-0.05, 0) is 61.6 Å². The molecule has 1 aliphatic heterocycles. The summed E-state index contributed by atoms with van der Waals surface area (Å²) >= 11 is 12.0. The molecule has 3 rings (SSSR count). The fraction of sp³-hybridized carbons (Fsp3) is 0.381. The number of piperidine rings is 1. The van der Waals surface area contributed by atoms with Gasteiger partial charge in [0.2, 0.25) is 0 Å². The van der Waals surface area contributed by atoms with Gasteiger partial charge in [-0.3, -0.25) is 4.79 Å². The van der Waals surface area contributed by atoms with E-state index >= 15 is 0 Å². The van der Waals surface area contributed by atoms with Crippen molar-refractivity contribution in [1.82, 2.24) is 5.32 Å². The number of hydrogen-bond donors (Lipinski definition) is 1. The Hall–Kier alpha value is -1.71. The van der Waals surface area contributed by atoms with E-state index in [9.17, 15) is 4.79 Å². The molecular weight excluding hydrogens is 367 g/mol. The fourth-order valence-electron chi connectivity index (χ4n) is 3.43. The molecule has 2 unspecified atom stereocenters. The van der Waals surface area contributed by atoms with E-state index in [2.05, 4.69) is 41.4 Å². The molecule has 2 aromatic carbocycles.